The number of amides is 1. The van der Waals surface area contributed by atoms with Gasteiger partial charge in [0.2, 0.25) is 10.0 Å². The van der Waals surface area contributed by atoms with Gasteiger partial charge in [-0.1, -0.05) is 6.07 Å². The van der Waals surface area contributed by atoms with Crippen molar-refractivity contribution in [1.29, 1.82) is 0 Å². The predicted molar refractivity (Wildman–Crippen MR) is 90.1 cm³/mol. The molecule has 0 heterocycles. The predicted octanol–water partition coefficient (Wildman–Crippen LogP) is 1.46. The molecule has 0 aromatic heterocycles. The molecule has 0 radical (unpaired) electrons. The molecule has 1 aromatic rings. The van der Waals surface area contributed by atoms with E-state index in [1.165, 1.54) is 25.2 Å². The fourth-order valence-corrected chi connectivity index (χ4v) is 3.04. The largest absolute Gasteiger partial charge is 0.346 e. The van der Waals surface area contributed by atoms with E-state index in [4.69, 9.17) is 5.73 Å². The molecule has 0 aliphatic heterocycles. The fraction of sp³-hybridized carbons (Fsp3) is 0.500. The first-order valence-electron chi connectivity index (χ1n) is 6.95. The van der Waals surface area contributed by atoms with Crippen molar-refractivity contribution in [1.82, 2.24) is 9.62 Å². The third kappa shape index (κ3) is 5.66. The van der Waals surface area contributed by atoms with E-state index in [0.717, 1.165) is 10.4 Å². The van der Waals surface area contributed by atoms with Crippen LogP contribution in [0, 0.1) is 0 Å². The maximum atomic E-state index is 13.0. The maximum absolute atomic E-state index is 13.0. The highest BCUT2D eigenvalue weighted by molar-refractivity contribution is 7.89. The van der Waals surface area contributed by atoms with Crippen molar-refractivity contribution in [3.05, 3.63) is 29.8 Å². The Morgan fingerprint density at radius 2 is 1.96 bits per heavy atom. The second-order valence-electron chi connectivity index (χ2n) is 5.39. The normalized spacial score (nSPS) is 12.2. The molecule has 6 nitrogen and oxygen atoms in total. The molecule has 0 unspecified atom stereocenters. The lowest BCUT2D eigenvalue weighted by Gasteiger charge is -2.21. The Morgan fingerprint density at radius 3 is 2.46 bits per heavy atom. The number of carbonyl (C=O) groups excluding carboxylic acids is 1. The quantitative estimate of drug-likeness (QED) is 0.743. The molecule has 0 aliphatic carbocycles. The van der Waals surface area contributed by atoms with Gasteiger partial charge >= 0.3 is 0 Å². The Hall–Kier alpha value is -1.29. The third-order valence-corrected chi connectivity index (χ3v) is 5.34. The summed E-state index contributed by atoms with van der Waals surface area (Å²) in [4.78, 5) is 11.8. The molecule has 0 bridgehead atoms. The number of nitrogens with one attached hydrogen (secondary N) is 1. The van der Waals surface area contributed by atoms with E-state index >= 15 is 0 Å². The SMILES string of the molecule is CC(C)N(C)S(=O)(=O)c1cccc(C(=O)NCC(F)(F)CN)c1.Cl. The van der Waals surface area contributed by atoms with Crippen LogP contribution >= 0.6 is 12.4 Å². The number of carbonyl (C=O) groups is 1. The molecule has 10 heteroatoms. The van der Waals surface area contributed by atoms with Gasteiger partial charge in [0.15, 0.2) is 0 Å². The molecule has 24 heavy (non-hydrogen) atoms. The smallest absolute Gasteiger partial charge is 0.277 e. The number of nitrogens with two attached hydrogens (primary N) is 1. The van der Waals surface area contributed by atoms with Gasteiger partial charge in [-0.3, -0.25) is 4.79 Å². The van der Waals surface area contributed by atoms with Gasteiger partial charge in [-0.2, -0.15) is 4.31 Å². The van der Waals surface area contributed by atoms with Crippen LogP contribution in [-0.4, -0.2) is 50.7 Å². The van der Waals surface area contributed by atoms with Crippen LogP contribution in [0.15, 0.2) is 29.2 Å². The Balaban J connectivity index is 0.00000529. The van der Waals surface area contributed by atoms with E-state index in [1.807, 2.05) is 5.32 Å². The summed E-state index contributed by atoms with van der Waals surface area (Å²) in [5, 5.41) is 2.04. The topological polar surface area (TPSA) is 92.5 Å². The molecule has 0 saturated heterocycles. The van der Waals surface area contributed by atoms with Crippen LogP contribution in [0.3, 0.4) is 0 Å². The van der Waals surface area contributed by atoms with Crippen molar-refractivity contribution in [2.75, 3.05) is 20.1 Å². The number of halogens is 3. The fourth-order valence-electron chi connectivity index (χ4n) is 1.63. The lowest BCUT2D eigenvalue weighted by Crippen LogP contribution is -2.41. The average Bonchev–Trinajstić information content (AvgIpc) is 2.51. The Kier molecular flexibility index (Phi) is 8.24. The Bertz CT molecular complexity index is 669. The minimum Gasteiger partial charge on any atom is -0.346 e. The van der Waals surface area contributed by atoms with Gasteiger partial charge in [-0.15, -0.1) is 12.4 Å². The minimum atomic E-state index is -3.76. The molecule has 0 spiro atoms. The number of sulfonamides is 1. The summed E-state index contributed by atoms with van der Waals surface area (Å²) in [5.41, 5.74) is 4.87. The lowest BCUT2D eigenvalue weighted by atomic mass is 10.2. The molecule has 0 atom stereocenters. The molecule has 0 saturated carbocycles. The van der Waals surface area contributed by atoms with Crippen LogP contribution in [-0.2, 0) is 10.0 Å². The summed E-state index contributed by atoms with van der Waals surface area (Å²) in [6, 6.07) is 4.98. The molecule has 1 amide bonds. The standard InChI is InChI=1S/C14H21F2N3O3S.ClH/c1-10(2)19(3)23(21,22)12-6-4-5-11(7-12)13(20)18-9-14(15,16)8-17;/h4-7,10H,8-9,17H2,1-3H3,(H,18,20);1H. The van der Waals surface area contributed by atoms with Crippen molar-refractivity contribution >= 4 is 28.3 Å². The number of alkyl halides is 2. The summed E-state index contributed by atoms with van der Waals surface area (Å²) in [5.74, 6) is -4.00. The van der Waals surface area contributed by atoms with E-state index < -0.39 is 34.9 Å². The Morgan fingerprint density at radius 1 is 1.38 bits per heavy atom. The summed E-state index contributed by atoms with van der Waals surface area (Å²) in [7, 11) is -2.33. The summed E-state index contributed by atoms with van der Waals surface area (Å²) in [6.45, 7) is 1.62. The number of hydrogen-bond donors (Lipinski definition) is 2. The molecule has 3 N–H and O–H groups in total. The van der Waals surface area contributed by atoms with Gasteiger partial charge in [0.05, 0.1) is 18.0 Å². The van der Waals surface area contributed by atoms with Gasteiger partial charge in [0.25, 0.3) is 11.8 Å². The molecule has 1 aromatic carbocycles. The van der Waals surface area contributed by atoms with E-state index in [9.17, 15) is 22.0 Å². The Labute approximate surface area is 146 Å². The van der Waals surface area contributed by atoms with Crippen molar-refractivity contribution in [3.8, 4) is 0 Å². The minimum absolute atomic E-state index is 0. The van der Waals surface area contributed by atoms with E-state index in [-0.39, 0.29) is 28.9 Å². The summed E-state index contributed by atoms with van der Waals surface area (Å²) < 4.78 is 52.0. The highest BCUT2D eigenvalue weighted by Gasteiger charge is 2.28. The molecular weight excluding hydrogens is 364 g/mol. The third-order valence-electron chi connectivity index (χ3n) is 3.31. The zero-order valence-corrected chi connectivity index (χ0v) is 15.3. The lowest BCUT2D eigenvalue weighted by molar-refractivity contribution is 0.0118. The zero-order chi connectivity index (χ0) is 17.8. The van der Waals surface area contributed by atoms with Crippen molar-refractivity contribution in [2.45, 2.75) is 30.7 Å². The number of hydrogen-bond acceptors (Lipinski definition) is 4. The van der Waals surface area contributed by atoms with Crippen LogP contribution < -0.4 is 11.1 Å². The molecule has 138 valence electrons. The average molecular weight is 386 g/mol. The maximum Gasteiger partial charge on any atom is 0.277 e. The number of nitrogens with zero attached hydrogens (tertiary/aromatic N) is 1. The first-order chi connectivity index (χ1) is 10.5. The second kappa shape index (κ2) is 8.70. The van der Waals surface area contributed by atoms with E-state index in [1.54, 1.807) is 13.8 Å². The van der Waals surface area contributed by atoms with Crippen molar-refractivity contribution in [2.24, 2.45) is 5.73 Å². The van der Waals surface area contributed by atoms with Crippen LogP contribution in [0.4, 0.5) is 8.78 Å². The van der Waals surface area contributed by atoms with Gasteiger partial charge in [0.1, 0.15) is 0 Å². The van der Waals surface area contributed by atoms with Crippen LogP contribution in [0.2, 0.25) is 0 Å². The molecule has 1 rings (SSSR count). The van der Waals surface area contributed by atoms with Crippen molar-refractivity contribution < 1.29 is 22.0 Å². The molecule has 0 aliphatic rings. The van der Waals surface area contributed by atoms with Gasteiger partial charge in [-0.25, -0.2) is 17.2 Å². The van der Waals surface area contributed by atoms with Crippen molar-refractivity contribution in [3.63, 3.8) is 0 Å². The number of benzene rings is 1. The van der Waals surface area contributed by atoms with Gasteiger partial charge in [-0.05, 0) is 32.0 Å². The monoisotopic (exact) mass is 385 g/mol. The second-order valence-corrected chi connectivity index (χ2v) is 7.38. The number of rotatable bonds is 7. The first-order valence-corrected chi connectivity index (χ1v) is 8.39. The highest BCUT2D eigenvalue weighted by Crippen LogP contribution is 2.18. The van der Waals surface area contributed by atoms with Crippen LogP contribution in [0.25, 0.3) is 0 Å². The highest BCUT2D eigenvalue weighted by atomic mass is 35.5. The zero-order valence-electron chi connectivity index (χ0n) is 13.6. The molecule has 0 fully saturated rings. The first kappa shape index (κ1) is 22.7. The molecular formula is C14H22ClF2N3O3S. The van der Waals surface area contributed by atoms with Gasteiger partial charge in [0, 0.05) is 18.7 Å². The van der Waals surface area contributed by atoms with Gasteiger partial charge < -0.3 is 11.1 Å². The van der Waals surface area contributed by atoms with E-state index in [2.05, 4.69) is 0 Å². The van der Waals surface area contributed by atoms with E-state index in [0.29, 0.717) is 0 Å². The van der Waals surface area contributed by atoms with Crippen LogP contribution in [0.5, 0.6) is 0 Å². The summed E-state index contributed by atoms with van der Waals surface area (Å²) >= 11 is 0. The van der Waals surface area contributed by atoms with Crippen LogP contribution in [0.1, 0.15) is 24.2 Å². The summed E-state index contributed by atoms with van der Waals surface area (Å²) in [6.07, 6.45) is 0.